The van der Waals surface area contributed by atoms with E-state index >= 15 is 0 Å². The van der Waals surface area contributed by atoms with Gasteiger partial charge in [-0.05, 0) is 54.6 Å². The molecule has 5 heteroatoms. The van der Waals surface area contributed by atoms with Crippen molar-refractivity contribution in [1.82, 2.24) is 0 Å². The summed E-state index contributed by atoms with van der Waals surface area (Å²) < 4.78 is 11.4. The van der Waals surface area contributed by atoms with Gasteiger partial charge in [0.15, 0.2) is 5.76 Å². The second-order valence-corrected chi connectivity index (χ2v) is 6.87. The largest absolute Gasteiger partial charge is 0.457 e. The highest BCUT2D eigenvalue weighted by Crippen LogP contribution is 2.30. The lowest BCUT2D eigenvalue weighted by Crippen LogP contribution is -1.90. The van der Waals surface area contributed by atoms with Gasteiger partial charge in [-0.2, -0.15) is 0 Å². The first kappa shape index (κ1) is 18.4. The average molecular weight is 409 g/mol. The topological polar surface area (TPSA) is 43.4 Å². The molecule has 2 aromatic heterocycles. The van der Waals surface area contributed by atoms with E-state index in [-0.39, 0.29) is 11.5 Å². The van der Waals surface area contributed by atoms with Gasteiger partial charge in [0.1, 0.15) is 17.3 Å². The van der Waals surface area contributed by atoms with Gasteiger partial charge in [0.25, 0.3) is 0 Å². The maximum absolute atomic E-state index is 12.4. The first-order chi connectivity index (χ1) is 13.6. The summed E-state index contributed by atoms with van der Waals surface area (Å²) >= 11 is 12.0. The van der Waals surface area contributed by atoms with Crippen LogP contribution in [0, 0.1) is 0 Å². The lowest BCUT2D eigenvalue weighted by atomic mass is 10.2. The summed E-state index contributed by atoms with van der Waals surface area (Å²) in [4.78, 5) is 12.4. The van der Waals surface area contributed by atoms with E-state index in [1.807, 2.05) is 42.5 Å². The van der Waals surface area contributed by atoms with Crippen LogP contribution in [0.1, 0.15) is 16.3 Å². The van der Waals surface area contributed by atoms with Crippen molar-refractivity contribution in [1.29, 1.82) is 0 Å². The highest BCUT2D eigenvalue weighted by Gasteiger charge is 2.11. The Hall–Kier alpha value is -3.01. The molecule has 0 saturated carbocycles. The third kappa shape index (κ3) is 3.96. The van der Waals surface area contributed by atoms with Crippen molar-refractivity contribution in [3.8, 4) is 22.6 Å². The summed E-state index contributed by atoms with van der Waals surface area (Å²) in [6.45, 7) is 0. The number of hydrogen-bond acceptors (Lipinski definition) is 3. The molecule has 28 heavy (non-hydrogen) atoms. The third-order valence-electron chi connectivity index (χ3n) is 4.14. The van der Waals surface area contributed by atoms with Crippen LogP contribution in [-0.4, -0.2) is 5.78 Å². The fourth-order valence-electron chi connectivity index (χ4n) is 2.71. The quantitative estimate of drug-likeness (QED) is 0.255. The van der Waals surface area contributed by atoms with Gasteiger partial charge in [0, 0.05) is 11.1 Å². The maximum Gasteiger partial charge on any atom is 0.221 e. The first-order valence-electron chi connectivity index (χ1n) is 8.53. The highest BCUT2D eigenvalue weighted by molar-refractivity contribution is 6.42. The fourth-order valence-corrected chi connectivity index (χ4v) is 3.01. The lowest BCUT2D eigenvalue weighted by molar-refractivity contribution is 0.102. The van der Waals surface area contributed by atoms with Gasteiger partial charge in [-0.1, -0.05) is 53.5 Å². The zero-order chi connectivity index (χ0) is 19.5. The van der Waals surface area contributed by atoms with Gasteiger partial charge < -0.3 is 8.83 Å². The van der Waals surface area contributed by atoms with Crippen LogP contribution in [0.3, 0.4) is 0 Å². The molecule has 2 aromatic carbocycles. The molecule has 4 aromatic rings. The molecule has 0 unspecified atom stereocenters. The van der Waals surface area contributed by atoms with Crippen molar-refractivity contribution in [3.05, 3.63) is 100 Å². The van der Waals surface area contributed by atoms with Crippen LogP contribution in [0.5, 0.6) is 0 Å². The zero-order valence-corrected chi connectivity index (χ0v) is 16.1. The molecule has 0 saturated heterocycles. The van der Waals surface area contributed by atoms with Crippen LogP contribution in [0.25, 0.3) is 28.7 Å². The molecule has 2 heterocycles. The minimum atomic E-state index is -0.260. The molecule has 0 spiro atoms. The first-order valence-corrected chi connectivity index (χ1v) is 9.29. The van der Waals surface area contributed by atoms with Gasteiger partial charge in [-0.25, -0.2) is 0 Å². The van der Waals surface area contributed by atoms with Crippen LogP contribution in [-0.2, 0) is 0 Å². The normalized spacial score (nSPS) is 11.2. The lowest BCUT2D eigenvalue weighted by Gasteiger charge is -1.99. The van der Waals surface area contributed by atoms with Crippen molar-refractivity contribution >= 4 is 35.1 Å². The maximum atomic E-state index is 12.4. The zero-order valence-electron chi connectivity index (χ0n) is 14.6. The van der Waals surface area contributed by atoms with Crippen molar-refractivity contribution in [2.24, 2.45) is 0 Å². The summed E-state index contributed by atoms with van der Waals surface area (Å²) in [7, 11) is 0. The van der Waals surface area contributed by atoms with E-state index in [0.29, 0.717) is 21.6 Å². The summed E-state index contributed by atoms with van der Waals surface area (Å²) in [6, 6.07) is 22.0. The van der Waals surface area contributed by atoms with Gasteiger partial charge in [0.05, 0.1) is 10.0 Å². The van der Waals surface area contributed by atoms with Crippen LogP contribution >= 0.6 is 23.2 Å². The van der Waals surface area contributed by atoms with Crippen LogP contribution in [0.15, 0.2) is 87.7 Å². The average Bonchev–Trinajstić information content (AvgIpc) is 3.39. The number of carbonyl (C=O) groups excluding carboxylic acids is 1. The van der Waals surface area contributed by atoms with E-state index in [1.54, 1.807) is 36.4 Å². The Kier molecular flexibility index (Phi) is 5.20. The predicted molar refractivity (Wildman–Crippen MR) is 112 cm³/mol. The number of furan rings is 2. The molecular formula is C23H14Cl2O3. The van der Waals surface area contributed by atoms with E-state index < -0.39 is 0 Å². The summed E-state index contributed by atoms with van der Waals surface area (Å²) in [5.41, 5.74) is 1.72. The molecule has 4 rings (SSSR count). The molecule has 0 aliphatic carbocycles. The van der Waals surface area contributed by atoms with Gasteiger partial charge in [-0.15, -0.1) is 0 Å². The van der Waals surface area contributed by atoms with Crippen molar-refractivity contribution < 1.29 is 13.6 Å². The SMILES string of the molecule is O=C(/C=C/c1ccc(-c2ccccc2)o1)c1ccc(-c2ccc(Cl)c(Cl)c2)o1. The minimum absolute atomic E-state index is 0.229. The standard InChI is InChI=1S/C23H14Cl2O3/c24-18-9-6-16(14-19(18)25)22-12-13-23(28-22)20(26)10-7-17-8-11-21(27-17)15-4-2-1-3-5-15/h1-14H/b10-7+. The molecule has 3 nitrogen and oxygen atoms in total. The van der Waals surface area contributed by atoms with E-state index in [9.17, 15) is 4.79 Å². The molecule has 0 bridgehead atoms. The second kappa shape index (κ2) is 7.93. The Morgan fingerprint density at radius 2 is 1.50 bits per heavy atom. The van der Waals surface area contributed by atoms with E-state index in [0.717, 1.165) is 16.9 Å². The smallest absolute Gasteiger partial charge is 0.221 e. The molecule has 0 aliphatic rings. The number of carbonyl (C=O) groups is 1. The molecule has 0 N–H and O–H groups in total. The number of ketones is 1. The van der Waals surface area contributed by atoms with Crippen LogP contribution in [0.2, 0.25) is 10.0 Å². The predicted octanol–water partition coefficient (Wildman–Crippen LogP) is 7.41. The molecule has 0 amide bonds. The molecule has 0 radical (unpaired) electrons. The van der Waals surface area contributed by atoms with Gasteiger partial charge >= 0.3 is 0 Å². The van der Waals surface area contributed by atoms with Crippen molar-refractivity contribution in [3.63, 3.8) is 0 Å². The van der Waals surface area contributed by atoms with Crippen molar-refractivity contribution in [2.45, 2.75) is 0 Å². The molecular weight excluding hydrogens is 395 g/mol. The molecule has 0 fully saturated rings. The highest BCUT2D eigenvalue weighted by atomic mass is 35.5. The van der Waals surface area contributed by atoms with Gasteiger partial charge in [0.2, 0.25) is 5.78 Å². The number of benzene rings is 2. The minimum Gasteiger partial charge on any atom is -0.457 e. The van der Waals surface area contributed by atoms with Crippen LogP contribution < -0.4 is 0 Å². The van der Waals surface area contributed by atoms with Crippen molar-refractivity contribution in [2.75, 3.05) is 0 Å². The monoisotopic (exact) mass is 408 g/mol. The Balaban J connectivity index is 1.49. The Morgan fingerprint density at radius 3 is 2.29 bits per heavy atom. The Morgan fingerprint density at radius 1 is 0.750 bits per heavy atom. The van der Waals surface area contributed by atoms with E-state index in [1.165, 1.54) is 6.08 Å². The Bertz CT molecular complexity index is 1150. The Labute approximate surface area is 171 Å². The molecule has 0 atom stereocenters. The molecule has 138 valence electrons. The number of rotatable bonds is 5. The summed E-state index contributed by atoms with van der Waals surface area (Å²) in [6.07, 6.45) is 3.04. The fraction of sp³-hybridized carbons (Fsp3) is 0. The third-order valence-corrected chi connectivity index (χ3v) is 4.88. The summed E-state index contributed by atoms with van der Waals surface area (Å²) in [5, 5.41) is 0.889. The summed E-state index contributed by atoms with van der Waals surface area (Å²) in [5.74, 6) is 1.84. The van der Waals surface area contributed by atoms with E-state index in [2.05, 4.69) is 0 Å². The molecule has 0 aliphatic heterocycles. The van der Waals surface area contributed by atoms with Crippen LogP contribution in [0.4, 0.5) is 0 Å². The number of halogens is 2. The number of allylic oxidation sites excluding steroid dienone is 1. The number of hydrogen-bond donors (Lipinski definition) is 0. The second-order valence-electron chi connectivity index (χ2n) is 6.06. The van der Waals surface area contributed by atoms with E-state index in [4.69, 9.17) is 32.0 Å². The van der Waals surface area contributed by atoms with Gasteiger partial charge in [-0.3, -0.25) is 4.79 Å².